The topological polar surface area (TPSA) is 48.9 Å². The lowest BCUT2D eigenvalue weighted by molar-refractivity contribution is -0.0139. The Morgan fingerprint density at radius 2 is 1.87 bits per heavy atom. The smallest absolute Gasteiger partial charge is 0.191 e. The molecule has 23 heavy (non-hydrogen) atoms. The maximum Gasteiger partial charge on any atom is 0.191 e. The van der Waals surface area contributed by atoms with Gasteiger partial charge in [0.2, 0.25) is 0 Å². The third kappa shape index (κ3) is 6.05. The van der Waals surface area contributed by atoms with Crippen molar-refractivity contribution >= 4 is 29.9 Å². The van der Waals surface area contributed by atoms with Crippen molar-refractivity contribution in [1.29, 1.82) is 0 Å². The van der Waals surface area contributed by atoms with Gasteiger partial charge in [0.25, 0.3) is 0 Å². The Morgan fingerprint density at radius 3 is 2.43 bits per heavy atom. The minimum Gasteiger partial charge on any atom is -0.381 e. The molecule has 0 amide bonds. The quantitative estimate of drug-likeness (QED) is 0.380. The molecule has 0 radical (unpaired) electrons. The lowest BCUT2D eigenvalue weighted by Crippen LogP contribution is -2.54. The van der Waals surface area contributed by atoms with Crippen LogP contribution >= 0.6 is 24.0 Å². The van der Waals surface area contributed by atoms with Gasteiger partial charge in [-0.3, -0.25) is 9.89 Å². The molecule has 2 N–H and O–H groups in total. The van der Waals surface area contributed by atoms with Crippen molar-refractivity contribution in [2.75, 3.05) is 39.4 Å². The van der Waals surface area contributed by atoms with E-state index >= 15 is 0 Å². The maximum atomic E-state index is 5.61. The van der Waals surface area contributed by atoms with Crippen molar-refractivity contribution in [2.45, 2.75) is 64.5 Å². The third-order valence-corrected chi connectivity index (χ3v) is 5.07. The highest BCUT2D eigenvalue weighted by Crippen LogP contribution is 2.31. The lowest BCUT2D eigenvalue weighted by Gasteiger charge is -2.43. The molecule has 2 saturated heterocycles. The Kier molecular flexibility index (Phi) is 9.77. The Hall–Kier alpha value is -0.0800. The number of ether oxygens (including phenoxy) is 1. The van der Waals surface area contributed by atoms with E-state index in [1.165, 1.54) is 25.9 Å². The van der Waals surface area contributed by atoms with Crippen LogP contribution in [0.4, 0.5) is 0 Å². The predicted octanol–water partition coefficient (Wildman–Crippen LogP) is 2.60. The van der Waals surface area contributed by atoms with Gasteiger partial charge in [0.15, 0.2) is 5.96 Å². The number of guanidine groups is 1. The molecule has 5 nitrogen and oxygen atoms in total. The zero-order chi connectivity index (χ0) is 15.8. The number of halogens is 1. The standard InChI is InChI=1S/C17H34N4O.HI/c1-4-15(3)20-16(18-5-2)19-14-17(8-12-22-13-9-17)21-10-6-7-11-21;/h15H,4-14H2,1-3H3,(H2,18,19,20);1H. The second-order valence-electron chi connectivity index (χ2n) is 6.68. The summed E-state index contributed by atoms with van der Waals surface area (Å²) in [6.45, 7) is 12.5. The Balaban J connectivity index is 0.00000264. The van der Waals surface area contributed by atoms with Gasteiger partial charge in [0.05, 0.1) is 6.54 Å². The molecule has 2 heterocycles. The van der Waals surface area contributed by atoms with Gasteiger partial charge in [-0.05, 0) is 59.0 Å². The minimum atomic E-state index is 0. The van der Waals surface area contributed by atoms with E-state index in [4.69, 9.17) is 9.73 Å². The fourth-order valence-corrected chi connectivity index (χ4v) is 3.40. The normalized spacial score (nSPS) is 23.2. The predicted molar refractivity (Wildman–Crippen MR) is 108 cm³/mol. The number of aliphatic imine (C=N–C) groups is 1. The minimum absolute atomic E-state index is 0. The first-order valence-corrected chi connectivity index (χ1v) is 9.08. The summed E-state index contributed by atoms with van der Waals surface area (Å²) >= 11 is 0. The maximum absolute atomic E-state index is 5.61. The highest BCUT2D eigenvalue weighted by Gasteiger charge is 2.39. The first-order valence-electron chi connectivity index (χ1n) is 9.08. The molecular formula is C17H35IN4O. The molecule has 2 aliphatic rings. The second-order valence-corrected chi connectivity index (χ2v) is 6.68. The molecule has 2 aliphatic heterocycles. The molecule has 0 aromatic carbocycles. The fraction of sp³-hybridized carbons (Fsp3) is 0.941. The van der Waals surface area contributed by atoms with Crippen molar-refractivity contribution in [1.82, 2.24) is 15.5 Å². The zero-order valence-corrected chi connectivity index (χ0v) is 17.4. The van der Waals surface area contributed by atoms with Crippen LogP contribution in [0, 0.1) is 0 Å². The van der Waals surface area contributed by atoms with E-state index in [1.807, 2.05) is 0 Å². The number of likely N-dealkylation sites (tertiary alicyclic amines) is 1. The molecule has 0 bridgehead atoms. The van der Waals surface area contributed by atoms with Crippen LogP contribution in [-0.2, 0) is 4.74 Å². The van der Waals surface area contributed by atoms with E-state index in [0.717, 1.165) is 51.5 Å². The van der Waals surface area contributed by atoms with Gasteiger partial charge < -0.3 is 15.4 Å². The van der Waals surface area contributed by atoms with Crippen LogP contribution in [0.3, 0.4) is 0 Å². The van der Waals surface area contributed by atoms with Crippen LogP contribution in [-0.4, -0.2) is 61.8 Å². The van der Waals surface area contributed by atoms with Crippen molar-refractivity contribution in [3.63, 3.8) is 0 Å². The third-order valence-electron chi connectivity index (χ3n) is 5.07. The summed E-state index contributed by atoms with van der Waals surface area (Å²) in [5.74, 6) is 0.960. The highest BCUT2D eigenvalue weighted by atomic mass is 127. The number of rotatable bonds is 6. The van der Waals surface area contributed by atoms with Gasteiger partial charge in [-0.2, -0.15) is 0 Å². The van der Waals surface area contributed by atoms with Gasteiger partial charge >= 0.3 is 0 Å². The first-order chi connectivity index (χ1) is 10.7. The fourth-order valence-electron chi connectivity index (χ4n) is 3.40. The van der Waals surface area contributed by atoms with Crippen LogP contribution < -0.4 is 10.6 Å². The molecule has 1 unspecified atom stereocenters. The number of nitrogens with one attached hydrogen (secondary N) is 2. The van der Waals surface area contributed by atoms with E-state index < -0.39 is 0 Å². The van der Waals surface area contributed by atoms with Crippen molar-refractivity contribution < 1.29 is 4.74 Å². The average Bonchev–Trinajstić information content (AvgIpc) is 3.09. The van der Waals surface area contributed by atoms with E-state index in [0.29, 0.717) is 6.04 Å². The van der Waals surface area contributed by atoms with Crippen molar-refractivity contribution in [3.05, 3.63) is 0 Å². The number of hydrogen-bond acceptors (Lipinski definition) is 3. The van der Waals surface area contributed by atoms with Gasteiger partial charge in [0.1, 0.15) is 0 Å². The summed E-state index contributed by atoms with van der Waals surface area (Å²) in [4.78, 5) is 7.61. The molecule has 0 spiro atoms. The molecule has 0 aromatic heterocycles. The Labute approximate surface area is 159 Å². The summed E-state index contributed by atoms with van der Waals surface area (Å²) in [5, 5.41) is 6.89. The molecule has 0 saturated carbocycles. The van der Waals surface area contributed by atoms with Crippen molar-refractivity contribution in [3.8, 4) is 0 Å². The van der Waals surface area contributed by atoms with E-state index in [-0.39, 0.29) is 29.5 Å². The lowest BCUT2D eigenvalue weighted by atomic mass is 9.88. The van der Waals surface area contributed by atoms with Crippen molar-refractivity contribution in [2.24, 2.45) is 4.99 Å². The summed E-state index contributed by atoms with van der Waals surface area (Å²) in [6, 6.07) is 0.454. The summed E-state index contributed by atoms with van der Waals surface area (Å²) in [7, 11) is 0. The molecule has 1 atom stereocenters. The van der Waals surface area contributed by atoms with E-state index in [1.54, 1.807) is 0 Å². The average molecular weight is 438 g/mol. The monoisotopic (exact) mass is 438 g/mol. The number of nitrogens with zero attached hydrogens (tertiary/aromatic N) is 2. The zero-order valence-electron chi connectivity index (χ0n) is 15.1. The molecule has 2 fully saturated rings. The van der Waals surface area contributed by atoms with Gasteiger partial charge in [0, 0.05) is 31.3 Å². The van der Waals surface area contributed by atoms with Gasteiger partial charge in [-0.15, -0.1) is 24.0 Å². The summed E-state index contributed by atoms with van der Waals surface area (Å²) in [6.07, 6.45) is 5.99. The van der Waals surface area contributed by atoms with Crippen LogP contribution in [0.15, 0.2) is 4.99 Å². The number of hydrogen-bond donors (Lipinski definition) is 2. The SMILES string of the molecule is CCNC(=NCC1(N2CCCC2)CCOCC1)NC(C)CC.I. The van der Waals surface area contributed by atoms with E-state index in [9.17, 15) is 0 Å². The van der Waals surface area contributed by atoms with Crippen LogP contribution in [0.2, 0.25) is 0 Å². The Morgan fingerprint density at radius 1 is 1.22 bits per heavy atom. The first kappa shape index (κ1) is 21.0. The highest BCUT2D eigenvalue weighted by molar-refractivity contribution is 14.0. The molecule has 0 aromatic rings. The van der Waals surface area contributed by atoms with Crippen LogP contribution in [0.5, 0.6) is 0 Å². The molecule has 0 aliphatic carbocycles. The molecule has 2 rings (SSSR count). The largest absolute Gasteiger partial charge is 0.381 e. The van der Waals surface area contributed by atoms with Crippen LogP contribution in [0.1, 0.15) is 52.9 Å². The van der Waals surface area contributed by atoms with Gasteiger partial charge in [-0.1, -0.05) is 6.92 Å². The molecular weight excluding hydrogens is 403 g/mol. The second kappa shape index (κ2) is 10.7. The summed E-state index contributed by atoms with van der Waals surface area (Å²) in [5.41, 5.74) is 0.215. The Bertz CT molecular complexity index is 353. The van der Waals surface area contributed by atoms with E-state index in [2.05, 4.69) is 36.3 Å². The van der Waals surface area contributed by atoms with Gasteiger partial charge in [-0.25, -0.2) is 0 Å². The summed E-state index contributed by atoms with van der Waals surface area (Å²) < 4.78 is 5.61. The molecule has 6 heteroatoms. The molecule has 136 valence electrons. The van der Waals surface area contributed by atoms with Crippen LogP contribution in [0.25, 0.3) is 0 Å².